The molecule has 0 bridgehead atoms. The maximum atomic E-state index is 12.6. The predicted octanol–water partition coefficient (Wildman–Crippen LogP) is 3.35. The normalized spacial score (nSPS) is 17.1. The van der Waals surface area contributed by atoms with Gasteiger partial charge in [0.05, 0.1) is 0 Å². The van der Waals surface area contributed by atoms with Gasteiger partial charge in [-0.2, -0.15) is 0 Å². The Morgan fingerprint density at radius 3 is 2.63 bits per heavy atom. The van der Waals surface area contributed by atoms with Crippen LogP contribution in [0, 0.1) is 12.8 Å². The lowest BCUT2D eigenvalue weighted by Crippen LogP contribution is -2.38. The molecule has 100 valence electrons. The third-order valence-corrected chi connectivity index (χ3v) is 4.25. The number of H-pyrrole nitrogens is 1. The van der Waals surface area contributed by atoms with E-state index in [-0.39, 0.29) is 5.91 Å². The van der Waals surface area contributed by atoms with E-state index in [1.54, 1.807) is 0 Å². The molecule has 3 rings (SSSR count). The monoisotopic (exact) mass is 256 g/mol. The summed E-state index contributed by atoms with van der Waals surface area (Å²) in [4.78, 5) is 17.9. The molecule has 1 fully saturated rings. The number of likely N-dealkylation sites (tertiary alicyclic amines) is 1. The second-order valence-corrected chi connectivity index (χ2v) is 5.65. The standard InChI is InChI=1S/C16H20N2O/c1-11-7-9-18(10-8-11)16(19)15-12(2)13-5-3-4-6-14(13)17-15/h3-6,11,17H,7-10H2,1-2H3. The van der Waals surface area contributed by atoms with Gasteiger partial charge in [0.15, 0.2) is 0 Å². The highest BCUT2D eigenvalue weighted by Crippen LogP contribution is 2.24. The first-order valence-electron chi connectivity index (χ1n) is 7.03. The number of carbonyl (C=O) groups excluding carboxylic acids is 1. The SMILES string of the molecule is Cc1c(C(=O)N2CCC(C)CC2)[nH]c2ccccc12. The number of aryl methyl sites for hydroxylation is 1. The Bertz CT molecular complexity index is 606. The number of hydrogen-bond acceptors (Lipinski definition) is 1. The number of amides is 1. The van der Waals surface area contributed by atoms with E-state index in [9.17, 15) is 4.79 Å². The molecule has 1 aliphatic heterocycles. The summed E-state index contributed by atoms with van der Waals surface area (Å²) in [5, 5.41) is 1.15. The molecular formula is C16H20N2O. The van der Waals surface area contributed by atoms with Gasteiger partial charge >= 0.3 is 0 Å². The summed E-state index contributed by atoms with van der Waals surface area (Å²) in [7, 11) is 0. The molecule has 1 aromatic carbocycles. The molecule has 1 N–H and O–H groups in total. The molecule has 0 unspecified atom stereocenters. The summed E-state index contributed by atoms with van der Waals surface area (Å²) >= 11 is 0. The average molecular weight is 256 g/mol. The number of para-hydroxylation sites is 1. The molecule has 2 aromatic rings. The van der Waals surface area contributed by atoms with E-state index in [2.05, 4.69) is 18.0 Å². The van der Waals surface area contributed by atoms with E-state index in [1.165, 1.54) is 0 Å². The topological polar surface area (TPSA) is 36.1 Å². The van der Waals surface area contributed by atoms with Crippen molar-refractivity contribution >= 4 is 16.8 Å². The van der Waals surface area contributed by atoms with Crippen LogP contribution in [0.5, 0.6) is 0 Å². The molecule has 3 nitrogen and oxygen atoms in total. The number of rotatable bonds is 1. The second kappa shape index (κ2) is 4.72. The van der Waals surface area contributed by atoms with Gasteiger partial charge in [-0.25, -0.2) is 0 Å². The predicted molar refractivity (Wildman–Crippen MR) is 77.3 cm³/mol. The minimum atomic E-state index is 0.153. The smallest absolute Gasteiger partial charge is 0.270 e. The lowest BCUT2D eigenvalue weighted by Gasteiger charge is -2.30. The van der Waals surface area contributed by atoms with Crippen molar-refractivity contribution in [2.45, 2.75) is 26.7 Å². The largest absolute Gasteiger partial charge is 0.350 e. The number of fused-ring (bicyclic) bond motifs is 1. The van der Waals surface area contributed by atoms with Crippen LogP contribution >= 0.6 is 0 Å². The number of carbonyl (C=O) groups is 1. The van der Waals surface area contributed by atoms with Crippen LogP contribution in [0.15, 0.2) is 24.3 Å². The minimum Gasteiger partial charge on any atom is -0.350 e. The third kappa shape index (κ3) is 2.14. The fourth-order valence-electron chi connectivity index (χ4n) is 2.87. The zero-order valence-corrected chi connectivity index (χ0v) is 11.6. The third-order valence-electron chi connectivity index (χ3n) is 4.25. The Kier molecular flexibility index (Phi) is 3.05. The number of benzene rings is 1. The summed E-state index contributed by atoms with van der Waals surface area (Å²) in [5.41, 5.74) is 2.88. The van der Waals surface area contributed by atoms with Crippen LogP contribution in [0.1, 0.15) is 35.8 Å². The van der Waals surface area contributed by atoms with Gasteiger partial charge in [0.1, 0.15) is 5.69 Å². The quantitative estimate of drug-likeness (QED) is 0.834. The van der Waals surface area contributed by atoms with Crippen LogP contribution in [0.25, 0.3) is 10.9 Å². The number of aromatic amines is 1. The Labute approximate surface area is 113 Å². The molecule has 0 saturated carbocycles. The maximum Gasteiger partial charge on any atom is 0.270 e. The number of nitrogens with zero attached hydrogens (tertiary/aromatic N) is 1. The first kappa shape index (κ1) is 12.3. The molecule has 0 atom stereocenters. The molecule has 1 saturated heterocycles. The van der Waals surface area contributed by atoms with Gasteiger partial charge < -0.3 is 9.88 Å². The van der Waals surface area contributed by atoms with Gasteiger partial charge in [0, 0.05) is 24.0 Å². The Hall–Kier alpha value is -1.77. The second-order valence-electron chi connectivity index (χ2n) is 5.65. The molecular weight excluding hydrogens is 236 g/mol. The minimum absolute atomic E-state index is 0.153. The lowest BCUT2D eigenvalue weighted by molar-refractivity contribution is 0.0691. The Balaban J connectivity index is 1.91. The van der Waals surface area contributed by atoms with E-state index in [0.29, 0.717) is 0 Å². The van der Waals surface area contributed by atoms with E-state index >= 15 is 0 Å². The number of nitrogens with one attached hydrogen (secondary N) is 1. The summed E-state index contributed by atoms with van der Waals surface area (Å²) in [6.07, 6.45) is 2.23. The molecule has 2 heterocycles. The van der Waals surface area contributed by atoms with Crippen LogP contribution in [-0.2, 0) is 0 Å². The average Bonchev–Trinajstić information content (AvgIpc) is 2.77. The fourth-order valence-corrected chi connectivity index (χ4v) is 2.87. The van der Waals surface area contributed by atoms with Gasteiger partial charge in [-0.05, 0) is 37.3 Å². The molecule has 1 aromatic heterocycles. The van der Waals surface area contributed by atoms with Crippen LogP contribution in [-0.4, -0.2) is 28.9 Å². The van der Waals surface area contributed by atoms with Crippen LogP contribution < -0.4 is 0 Å². The van der Waals surface area contributed by atoms with Crippen molar-refractivity contribution in [3.05, 3.63) is 35.5 Å². The van der Waals surface area contributed by atoms with E-state index in [4.69, 9.17) is 0 Å². The molecule has 1 amide bonds. The van der Waals surface area contributed by atoms with Gasteiger partial charge in [-0.3, -0.25) is 4.79 Å². The van der Waals surface area contributed by atoms with Crippen molar-refractivity contribution in [1.29, 1.82) is 0 Å². The zero-order chi connectivity index (χ0) is 13.4. The van der Waals surface area contributed by atoms with Crippen molar-refractivity contribution in [3.63, 3.8) is 0 Å². The zero-order valence-electron chi connectivity index (χ0n) is 11.6. The van der Waals surface area contributed by atoms with Crippen molar-refractivity contribution in [3.8, 4) is 0 Å². The van der Waals surface area contributed by atoms with Crippen LogP contribution in [0.4, 0.5) is 0 Å². The first-order chi connectivity index (χ1) is 9.16. The summed E-state index contributed by atoms with van der Waals surface area (Å²) in [6.45, 7) is 6.05. The summed E-state index contributed by atoms with van der Waals surface area (Å²) in [5.74, 6) is 0.897. The molecule has 19 heavy (non-hydrogen) atoms. The summed E-state index contributed by atoms with van der Waals surface area (Å²) < 4.78 is 0. The van der Waals surface area contributed by atoms with Crippen molar-refractivity contribution < 1.29 is 4.79 Å². The molecule has 0 radical (unpaired) electrons. The van der Waals surface area contributed by atoms with Crippen molar-refractivity contribution in [2.75, 3.05) is 13.1 Å². The van der Waals surface area contributed by atoms with Gasteiger partial charge in [-0.1, -0.05) is 25.1 Å². The van der Waals surface area contributed by atoms with Gasteiger partial charge in [-0.15, -0.1) is 0 Å². The molecule has 0 spiro atoms. The molecule has 3 heteroatoms. The van der Waals surface area contributed by atoms with E-state index < -0.39 is 0 Å². The number of aromatic nitrogens is 1. The summed E-state index contributed by atoms with van der Waals surface area (Å²) in [6, 6.07) is 8.10. The van der Waals surface area contributed by atoms with E-state index in [0.717, 1.165) is 54.0 Å². The fraction of sp³-hybridized carbons (Fsp3) is 0.438. The highest BCUT2D eigenvalue weighted by Gasteiger charge is 2.24. The van der Waals surface area contributed by atoms with Gasteiger partial charge in [0.25, 0.3) is 5.91 Å². The number of hydrogen-bond donors (Lipinski definition) is 1. The number of piperidine rings is 1. The molecule has 0 aliphatic carbocycles. The Morgan fingerprint density at radius 1 is 1.26 bits per heavy atom. The first-order valence-corrected chi connectivity index (χ1v) is 7.03. The van der Waals surface area contributed by atoms with Crippen molar-refractivity contribution in [1.82, 2.24) is 9.88 Å². The van der Waals surface area contributed by atoms with Crippen LogP contribution in [0.3, 0.4) is 0 Å². The van der Waals surface area contributed by atoms with Crippen molar-refractivity contribution in [2.24, 2.45) is 5.92 Å². The molecule has 1 aliphatic rings. The van der Waals surface area contributed by atoms with Gasteiger partial charge in [0.2, 0.25) is 0 Å². The van der Waals surface area contributed by atoms with Crippen LogP contribution in [0.2, 0.25) is 0 Å². The van der Waals surface area contributed by atoms with E-state index in [1.807, 2.05) is 30.0 Å². The lowest BCUT2D eigenvalue weighted by atomic mass is 9.99. The highest BCUT2D eigenvalue weighted by atomic mass is 16.2. The highest BCUT2D eigenvalue weighted by molar-refractivity contribution is 6.00. The Morgan fingerprint density at radius 2 is 1.95 bits per heavy atom. The maximum absolute atomic E-state index is 12.6.